The number of hydrogen-bond donors (Lipinski definition) is 1. The molecule has 12 heavy (non-hydrogen) atoms. The predicted molar refractivity (Wildman–Crippen MR) is 35.4 cm³/mol. The third kappa shape index (κ3) is 1.13. The molecule has 1 unspecified atom stereocenters. The van der Waals surface area contributed by atoms with Crippen LogP contribution in [0.5, 0.6) is 0 Å². The second-order valence-electron chi connectivity index (χ2n) is 2.98. The van der Waals surface area contributed by atoms with Crippen LogP contribution in [0.4, 0.5) is 13.2 Å². The predicted octanol–water partition coefficient (Wildman–Crippen LogP) is 0.790. The second-order valence-corrected chi connectivity index (χ2v) is 2.98. The van der Waals surface area contributed by atoms with Gasteiger partial charge in [0.25, 0.3) is 0 Å². The van der Waals surface area contributed by atoms with Gasteiger partial charge in [0.1, 0.15) is 11.1 Å². The highest BCUT2D eigenvalue weighted by atomic mass is 19.4. The van der Waals surface area contributed by atoms with Crippen molar-refractivity contribution in [3.8, 4) is 0 Å². The maximum absolute atomic E-state index is 12.3. The second kappa shape index (κ2) is 2.39. The lowest BCUT2D eigenvalue weighted by Gasteiger charge is -2.33. The van der Waals surface area contributed by atoms with Crippen LogP contribution in [0.3, 0.4) is 0 Å². The van der Waals surface area contributed by atoms with Gasteiger partial charge in [0, 0.05) is 7.11 Å². The Hall–Kier alpha value is -0.225. The van der Waals surface area contributed by atoms with Gasteiger partial charge in [-0.1, -0.05) is 0 Å². The number of rotatable bonds is 2. The molecule has 1 aliphatic rings. The van der Waals surface area contributed by atoms with E-state index < -0.39 is 17.3 Å². The first kappa shape index (κ1) is 9.86. The topological polar surface area (TPSA) is 29.5 Å². The van der Waals surface area contributed by atoms with Crippen molar-refractivity contribution in [3.05, 3.63) is 0 Å². The molecule has 2 radical (unpaired) electrons. The number of ether oxygens (including phenoxy) is 1. The monoisotopic (exact) mass is 180 g/mol. The Labute approximate surface area is 69.1 Å². The van der Waals surface area contributed by atoms with Crippen molar-refractivity contribution >= 4 is 7.85 Å². The van der Waals surface area contributed by atoms with E-state index in [0.717, 1.165) is 7.11 Å². The molecule has 0 aromatic heterocycles. The van der Waals surface area contributed by atoms with Gasteiger partial charge in [-0.2, -0.15) is 13.2 Å². The smallest absolute Gasteiger partial charge is 0.374 e. The summed E-state index contributed by atoms with van der Waals surface area (Å²) in [6, 6.07) is 0. The summed E-state index contributed by atoms with van der Waals surface area (Å²) >= 11 is 0. The first-order valence-corrected chi connectivity index (χ1v) is 3.40. The molecule has 0 aromatic carbocycles. The summed E-state index contributed by atoms with van der Waals surface area (Å²) in [6.07, 6.45) is -4.87. The minimum atomic E-state index is -4.51. The fraction of sp³-hybridized carbons (Fsp3) is 1.00. The summed E-state index contributed by atoms with van der Waals surface area (Å²) in [5.41, 5.74) is -4.85. The van der Waals surface area contributed by atoms with Crippen LogP contribution in [-0.4, -0.2) is 31.9 Å². The minimum absolute atomic E-state index is 0.183. The summed E-state index contributed by atoms with van der Waals surface area (Å²) in [5, 5.41) is 9.08. The molecule has 0 heterocycles. The maximum Gasteiger partial charge on any atom is 0.398 e. The van der Waals surface area contributed by atoms with Crippen LogP contribution in [0.1, 0.15) is 12.8 Å². The molecule has 1 N–H and O–H groups in total. The van der Waals surface area contributed by atoms with Crippen LogP contribution in [0.15, 0.2) is 0 Å². The van der Waals surface area contributed by atoms with E-state index in [-0.39, 0.29) is 12.8 Å². The van der Waals surface area contributed by atoms with E-state index in [0.29, 0.717) is 0 Å². The lowest BCUT2D eigenvalue weighted by atomic mass is 9.78. The summed E-state index contributed by atoms with van der Waals surface area (Å²) in [6.45, 7) is 0. The molecule has 1 aliphatic carbocycles. The molecule has 68 valence electrons. The number of methoxy groups -OCH3 is 1. The van der Waals surface area contributed by atoms with Gasteiger partial charge in [0.15, 0.2) is 7.85 Å². The molecule has 0 aliphatic heterocycles. The molecular weight excluding hydrogens is 172 g/mol. The highest BCUT2D eigenvalue weighted by Crippen LogP contribution is 2.63. The first-order valence-electron chi connectivity index (χ1n) is 3.40. The average molecular weight is 180 g/mol. The number of aliphatic hydroxyl groups is 1. The van der Waals surface area contributed by atoms with Crippen LogP contribution in [0.25, 0.3) is 0 Å². The van der Waals surface area contributed by atoms with E-state index in [1.807, 2.05) is 0 Å². The zero-order chi connectivity index (χ0) is 9.62. The van der Waals surface area contributed by atoms with Crippen LogP contribution >= 0.6 is 0 Å². The molecule has 0 bridgehead atoms. The van der Waals surface area contributed by atoms with E-state index in [1.54, 1.807) is 0 Å². The van der Waals surface area contributed by atoms with Gasteiger partial charge in [-0.25, -0.2) is 0 Å². The molecule has 6 heteroatoms. The van der Waals surface area contributed by atoms with Gasteiger partial charge in [-0.15, -0.1) is 0 Å². The summed E-state index contributed by atoms with van der Waals surface area (Å²) in [5.74, 6) is 0. The summed E-state index contributed by atoms with van der Waals surface area (Å²) in [7, 11) is 5.91. The van der Waals surface area contributed by atoms with Gasteiger partial charge in [-0.3, -0.25) is 0 Å². The van der Waals surface area contributed by atoms with Crippen molar-refractivity contribution < 1.29 is 23.0 Å². The van der Waals surface area contributed by atoms with Crippen molar-refractivity contribution in [2.45, 2.75) is 24.7 Å². The standard InChI is InChI=1S/C6H8BF3O2/c1-12-5(7,11)4(2-3-4)6(8,9)10/h11H,2-3H2,1H3. The molecule has 1 saturated carbocycles. The van der Waals surface area contributed by atoms with Crippen molar-refractivity contribution in [3.63, 3.8) is 0 Å². The Morgan fingerprint density at radius 3 is 1.92 bits per heavy atom. The van der Waals surface area contributed by atoms with Crippen molar-refractivity contribution in [2.24, 2.45) is 5.41 Å². The van der Waals surface area contributed by atoms with Crippen LogP contribution in [-0.2, 0) is 4.74 Å². The third-order valence-electron chi connectivity index (χ3n) is 2.29. The van der Waals surface area contributed by atoms with Gasteiger partial charge >= 0.3 is 6.18 Å². The quantitative estimate of drug-likeness (QED) is 0.502. The highest BCUT2D eigenvalue weighted by Gasteiger charge is 2.72. The molecule has 1 atom stereocenters. The van der Waals surface area contributed by atoms with E-state index in [4.69, 9.17) is 13.0 Å². The van der Waals surface area contributed by atoms with Crippen LogP contribution in [0, 0.1) is 5.41 Å². The Balaban J connectivity index is 2.87. The molecule has 1 rings (SSSR count). The SMILES string of the molecule is [B]C(O)(OC)C1(C(F)(F)F)CC1. The largest absolute Gasteiger partial charge is 0.398 e. The highest BCUT2D eigenvalue weighted by molar-refractivity contribution is 6.14. The van der Waals surface area contributed by atoms with E-state index in [2.05, 4.69) is 4.74 Å². The van der Waals surface area contributed by atoms with Crippen molar-refractivity contribution in [1.29, 1.82) is 0 Å². The lowest BCUT2D eigenvalue weighted by Crippen LogP contribution is -2.50. The number of alkyl halides is 3. The summed E-state index contributed by atoms with van der Waals surface area (Å²) < 4.78 is 41.0. The Kier molecular flexibility index (Phi) is 1.96. The molecule has 0 saturated heterocycles. The Morgan fingerprint density at radius 2 is 1.83 bits per heavy atom. The van der Waals surface area contributed by atoms with Crippen LogP contribution < -0.4 is 0 Å². The minimum Gasteiger partial charge on any atom is -0.374 e. The normalized spacial score (nSPS) is 26.4. The lowest BCUT2D eigenvalue weighted by molar-refractivity contribution is -0.281. The molecule has 0 amide bonds. The van der Waals surface area contributed by atoms with Crippen LogP contribution in [0.2, 0.25) is 0 Å². The molecular formula is C6H8BF3O2. The van der Waals surface area contributed by atoms with E-state index >= 15 is 0 Å². The van der Waals surface area contributed by atoms with Crippen molar-refractivity contribution in [1.82, 2.24) is 0 Å². The van der Waals surface area contributed by atoms with Gasteiger partial charge in [-0.05, 0) is 12.8 Å². The summed E-state index contributed by atoms with van der Waals surface area (Å²) in [4.78, 5) is 0. The number of halogens is 3. The zero-order valence-electron chi connectivity index (χ0n) is 6.48. The van der Waals surface area contributed by atoms with E-state index in [1.165, 1.54) is 0 Å². The van der Waals surface area contributed by atoms with Gasteiger partial charge in [0.05, 0.1) is 0 Å². The zero-order valence-corrected chi connectivity index (χ0v) is 6.48. The molecule has 0 spiro atoms. The molecule has 1 fully saturated rings. The van der Waals surface area contributed by atoms with E-state index in [9.17, 15) is 13.2 Å². The van der Waals surface area contributed by atoms with Gasteiger partial charge in [0.2, 0.25) is 0 Å². The first-order chi connectivity index (χ1) is 5.27. The number of hydrogen-bond acceptors (Lipinski definition) is 2. The fourth-order valence-corrected chi connectivity index (χ4v) is 1.17. The molecule has 0 aromatic rings. The van der Waals surface area contributed by atoms with Gasteiger partial charge < -0.3 is 9.84 Å². The average Bonchev–Trinajstić information content (AvgIpc) is 2.63. The fourth-order valence-electron chi connectivity index (χ4n) is 1.17. The third-order valence-corrected chi connectivity index (χ3v) is 2.29. The Morgan fingerprint density at radius 1 is 1.42 bits per heavy atom. The van der Waals surface area contributed by atoms with Crippen molar-refractivity contribution in [2.75, 3.05) is 7.11 Å². The molecule has 2 nitrogen and oxygen atoms in total. The maximum atomic E-state index is 12.3. The Bertz CT molecular complexity index is 186.